The van der Waals surface area contributed by atoms with E-state index >= 15 is 0 Å². The molecule has 0 aromatic heterocycles. The van der Waals surface area contributed by atoms with Crippen LogP contribution in [0.15, 0.2) is 0 Å². The van der Waals surface area contributed by atoms with Crippen molar-refractivity contribution < 1.29 is 8.78 Å². The fourth-order valence-electron chi connectivity index (χ4n) is 1.03. The quantitative estimate of drug-likeness (QED) is 0.615. The van der Waals surface area contributed by atoms with Gasteiger partial charge in [0.05, 0.1) is 0 Å². The highest BCUT2D eigenvalue weighted by Gasteiger charge is 2.56. The molecule has 0 radical (unpaired) electrons. The van der Waals surface area contributed by atoms with Gasteiger partial charge in [0.25, 0.3) is 5.92 Å². The number of halogens is 2. The smallest absolute Gasteiger partial charge is 0.252 e. The van der Waals surface area contributed by atoms with Crippen molar-refractivity contribution >= 4 is 0 Å². The minimum absolute atomic E-state index is 0.0874. The van der Waals surface area contributed by atoms with E-state index in [1.165, 1.54) is 0 Å². The molecule has 0 unspecified atom stereocenters. The summed E-state index contributed by atoms with van der Waals surface area (Å²) in [6.07, 6.45) is 0.0874. The average Bonchev–Trinajstić information content (AvgIpc) is 2.39. The lowest BCUT2D eigenvalue weighted by molar-refractivity contribution is 0.0870. The van der Waals surface area contributed by atoms with Gasteiger partial charge in [0.2, 0.25) is 0 Å². The van der Waals surface area contributed by atoms with Crippen molar-refractivity contribution in [3.05, 3.63) is 0 Å². The molecule has 0 aromatic rings. The van der Waals surface area contributed by atoms with Gasteiger partial charge < -0.3 is 4.90 Å². The number of rotatable bonds is 3. The van der Waals surface area contributed by atoms with Crippen molar-refractivity contribution in [3.8, 4) is 0 Å². The lowest BCUT2D eigenvalue weighted by Crippen LogP contribution is -2.29. The van der Waals surface area contributed by atoms with Crippen LogP contribution in [-0.4, -0.2) is 30.5 Å². The van der Waals surface area contributed by atoms with Crippen molar-refractivity contribution in [2.24, 2.45) is 5.92 Å². The molecule has 66 valence electrons. The molecular formula is C8H15F2N. The van der Waals surface area contributed by atoms with E-state index < -0.39 is 5.92 Å². The molecule has 1 nitrogen and oxygen atoms in total. The summed E-state index contributed by atoms with van der Waals surface area (Å²) in [4.78, 5) is 1.96. The third-order valence-corrected chi connectivity index (χ3v) is 2.35. The first-order chi connectivity index (χ1) is 4.93. The van der Waals surface area contributed by atoms with E-state index in [1.54, 1.807) is 0 Å². The van der Waals surface area contributed by atoms with Crippen LogP contribution in [0.2, 0.25) is 0 Å². The zero-order valence-electron chi connectivity index (χ0n) is 7.27. The van der Waals surface area contributed by atoms with Crippen LogP contribution in [0, 0.1) is 5.92 Å². The molecule has 0 aromatic carbocycles. The Morgan fingerprint density at radius 1 is 1.55 bits per heavy atom. The molecular weight excluding hydrogens is 148 g/mol. The minimum atomic E-state index is -2.36. The van der Waals surface area contributed by atoms with E-state index in [2.05, 4.69) is 0 Å². The summed E-state index contributed by atoms with van der Waals surface area (Å²) in [5.74, 6) is -2.74. The molecule has 1 saturated carbocycles. The summed E-state index contributed by atoms with van der Waals surface area (Å²) >= 11 is 0. The Bertz CT molecular complexity index is 145. The maximum absolute atomic E-state index is 12.4. The zero-order valence-corrected chi connectivity index (χ0v) is 7.27. The molecule has 1 rings (SSSR count). The number of hydrogen-bond donors (Lipinski definition) is 0. The first-order valence-electron chi connectivity index (χ1n) is 4.01. The maximum atomic E-state index is 12.4. The molecule has 11 heavy (non-hydrogen) atoms. The van der Waals surface area contributed by atoms with Crippen molar-refractivity contribution in [2.45, 2.75) is 32.2 Å². The van der Waals surface area contributed by atoms with Crippen LogP contribution in [-0.2, 0) is 0 Å². The summed E-state index contributed by atoms with van der Waals surface area (Å²) in [6.45, 7) is 4.56. The number of alkyl halides is 2. The fraction of sp³-hybridized carbons (Fsp3) is 1.00. The monoisotopic (exact) mass is 163 g/mol. The summed E-state index contributed by atoms with van der Waals surface area (Å²) in [5, 5.41) is 0. The predicted molar refractivity (Wildman–Crippen MR) is 40.8 cm³/mol. The lowest BCUT2D eigenvalue weighted by Gasteiger charge is -2.20. The van der Waals surface area contributed by atoms with E-state index in [4.69, 9.17) is 0 Å². The van der Waals surface area contributed by atoms with Crippen LogP contribution < -0.4 is 0 Å². The van der Waals surface area contributed by atoms with Gasteiger partial charge >= 0.3 is 0 Å². The van der Waals surface area contributed by atoms with Crippen molar-refractivity contribution in [1.82, 2.24) is 4.90 Å². The van der Waals surface area contributed by atoms with E-state index in [0.29, 0.717) is 12.6 Å². The predicted octanol–water partition coefficient (Wildman–Crippen LogP) is 1.98. The highest BCUT2D eigenvalue weighted by atomic mass is 19.3. The SMILES string of the molecule is CC(C)N(C)C[C@H]1CC1(F)F. The van der Waals surface area contributed by atoms with Crippen LogP contribution in [0.3, 0.4) is 0 Å². The van der Waals surface area contributed by atoms with Crippen LogP contribution >= 0.6 is 0 Å². The molecule has 0 amide bonds. The molecule has 0 heterocycles. The normalized spacial score (nSPS) is 28.1. The van der Waals surface area contributed by atoms with E-state index in [1.807, 2.05) is 25.8 Å². The standard InChI is InChI=1S/C8H15F2N/c1-6(2)11(3)5-7-4-8(7,9)10/h6-7H,4-5H2,1-3H3/t7-/m1/s1. The Balaban J connectivity index is 2.23. The van der Waals surface area contributed by atoms with Gasteiger partial charge in [0, 0.05) is 24.9 Å². The van der Waals surface area contributed by atoms with Gasteiger partial charge in [0.1, 0.15) is 0 Å². The topological polar surface area (TPSA) is 3.24 Å². The molecule has 1 atom stereocenters. The van der Waals surface area contributed by atoms with E-state index in [0.717, 1.165) is 0 Å². The molecule has 0 spiro atoms. The number of nitrogens with zero attached hydrogens (tertiary/aromatic N) is 1. The Labute approximate surface area is 66.4 Å². The maximum Gasteiger partial charge on any atom is 0.252 e. The van der Waals surface area contributed by atoms with Crippen LogP contribution in [0.4, 0.5) is 8.78 Å². The second-order valence-corrected chi connectivity index (χ2v) is 3.70. The molecule has 0 aliphatic heterocycles. The van der Waals surface area contributed by atoms with E-state index in [-0.39, 0.29) is 12.3 Å². The Kier molecular flexibility index (Phi) is 2.19. The molecule has 3 heteroatoms. The van der Waals surface area contributed by atoms with Crippen molar-refractivity contribution in [3.63, 3.8) is 0 Å². The first kappa shape index (κ1) is 8.91. The minimum Gasteiger partial charge on any atom is -0.303 e. The Hall–Kier alpha value is -0.180. The summed E-state index contributed by atoms with van der Waals surface area (Å²) in [5.41, 5.74) is 0. The molecule has 0 bridgehead atoms. The summed E-state index contributed by atoms with van der Waals surface area (Å²) < 4.78 is 24.8. The highest BCUT2D eigenvalue weighted by Crippen LogP contribution is 2.48. The molecule has 1 fully saturated rings. The molecule has 1 aliphatic carbocycles. The van der Waals surface area contributed by atoms with Crippen LogP contribution in [0.1, 0.15) is 20.3 Å². The average molecular weight is 163 g/mol. The molecule has 1 aliphatic rings. The van der Waals surface area contributed by atoms with Gasteiger partial charge in [-0.15, -0.1) is 0 Å². The third-order valence-electron chi connectivity index (χ3n) is 2.35. The van der Waals surface area contributed by atoms with Gasteiger partial charge in [-0.25, -0.2) is 8.78 Å². The van der Waals surface area contributed by atoms with Crippen molar-refractivity contribution in [2.75, 3.05) is 13.6 Å². The first-order valence-corrected chi connectivity index (χ1v) is 4.01. The lowest BCUT2D eigenvalue weighted by atomic mass is 10.3. The molecule has 0 saturated heterocycles. The summed E-state index contributed by atoms with van der Waals surface area (Å²) in [7, 11) is 1.89. The van der Waals surface area contributed by atoms with Gasteiger partial charge in [-0.1, -0.05) is 0 Å². The fourth-order valence-corrected chi connectivity index (χ4v) is 1.03. The largest absolute Gasteiger partial charge is 0.303 e. The Morgan fingerprint density at radius 2 is 2.00 bits per heavy atom. The third kappa shape index (κ3) is 2.12. The van der Waals surface area contributed by atoms with Crippen LogP contribution in [0.25, 0.3) is 0 Å². The van der Waals surface area contributed by atoms with E-state index in [9.17, 15) is 8.78 Å². The van der Waals surface area contributed by atoms with Crippen LogP contribution in [0.5, 0.6) is 0 Å². The van der Waals surface area contributed by atoms with Gasteiger partial charge in [-0.05, 0) is 20.9 Å². The number of hydrogen-bond acceptors (Lipinski definition) is 1. The molecule has 0 N–H and O–H groups in total. The zero-order chi connectivity index (χ0) is 8.65. The van der Waals surface area contributed by atoms with Gasteiger partial charge in [-0.3, -0.25) is 0 Å². The Morgan fingerprint density at radius 3 is 2.27 bits per heavy atom. The van der Waals surface area contributed by atoms with Crippen molar-refractivity contribution in [1.29, 1.82) is 0 Å². The van der Waals surface area contributed by atoms with Gasteiger partial charge in [-0.2, -0.15) is 0 Å². The highest BCUT2D eigenvalue weighted by molar-refractivity contribution is 4.96. The summed E-state index contributed by atoms with van der Waals surface area (Å²) in [6, 6.07) is 0.367. The van der Waals surface area contributed by atoms with Gasteiger partial charge in [0.15, 0.2) is 0 Å². The second kappa shape index (κ2) is 2.70. The second-order valence-electron chi connectivity index (χ2n) is 3.70.